The van der Waals surface area contributed by atoms with Crippen molar-refractivity contribution in [2.24, 2.45) is 5.14 Å². The molecule has 2 N–H and O–H groups in total. The topological polar surface area (TPSA) is 69.4 Å². The van der Waals surface area contributed by atoms with E-state index in [4.69, 9.17) is 9.88 Å². The summed E-state index contributed by atoms with van der Waals surface area (Å²) in [6, 6.07) is 18.7. The largest absolute Gasteiger partial charge is 0.456 e. The standard InChI is InChI=1S/C20H17NO3S2/c1-13-6-11-19(25-13)17-12-15-4-2-3-5-18(15)24-20(17)14-7-9-16(10-8-14)26(21,22)23/h2-11H,12H2,1H3,(H2,21,22,23). The number of para-hydroxylation sites is 1. The van der Waals surface area contributed by atoms with Gasteiger partial charge in [0, 0.05) is 27.3 Å². The fourth-order valence-corrected chi connectivity index (χ4v) is 4.44. The van der Waals surface area contributed by atoms with E-state index < -0.39 is 10.0 Å². The Balaban J connectivity index is 1.85. The summed E-state index contributed by atoms with van der Waals surface area (Å²) in [5.41, 5.74) is 3.07. The number of thiophene rings is 1. The maximum atomic E-state index is 11.5. The third kappa shape index (κ3) is 3.19. The zero-order valence-electron chi connectivity index (χ0n) is 14.1. The van der Waals surface area contributed by atoms with E-state index in [1.54, 1.807) is 23.5 Å². The van der Waals surface area contributed by atoms with Crippen molar-refractivity contribution in [2.75, 3.05) is 0 Å². The van der Waals surface area contributed by atoms with Gasteiger partial charge >= 0.3 is 0 Å². The molecule has 4 nitrogen and oxygen atoms in total. The van der Waals surface area contributed by atoms with Crippen molar-refractivity contribution in [3.05, 3.63) is 81.5 Å². The normalized spacial score (nSPS) is 14.1. The van der Waals surface area contributed by atoms with Crippen LogP contribution in [0.15, 0.2) is 65.6 Å². The summed E-state index contributed by atoms with van der Waals surface area (Å²) >= 11 is 1.72. The Hall–Kier alpha value is -2.41. The van der Waals surface area contributed by atoms with Crippen molar-refractivity contribution >= 4 is 32.7 Å². The Morgan fingerprint density at radius 2 is 1.73 bits per heavy atom. The third-order valence-corrected chi connectivity index (χ3v) is 6.30. The lowest BCUT2D eigenvalue weighted by Gasteiger charge is -2.23. The van der Waals surface area contributed by atoms with Gasteiger partial charge in [0.15, 0.2) is 0 Å². The van der Waals surface area contributed by atoms with E-state index in [2.05, 4.69) is 25.1 Å². The first kappa shape index (κ1) is 17.0. The quantitative estimate of drug-likeness (QED) is 0.737. The number of rotatable bonds is 3. The van der Waals surface area contributed by atoms with Crippen LogP contribution in [-0.4, -0.2) is 8.42 Å². The van der Waals surface area contributed by atoms with E-state index in [1.165, 1.54) is 17.0 Å². The highest BCUT2D eigenvalue weighted by molar-refractivity contribution is 7.89. The van der Waals surface area contributed by atoms with Gasteiger partial charge in [-0.3, -0.25) is 0 Å². The molecule has 132 valence electrons. The number of fused-ring (bicyclic) bond motifs is 1. The lowest BCUT2D eigenvalue weighted by atomic mass is 9.96. The summed E-state index contributed by atoms with van der Waals surface area (Å²) in [5, 5.41) is 5.20. The molecule has 0 aliphatic carbocycles. The van der Waals surface area contributed by atoms with E-state index in [0.29, 0.717) is 0 Å². The molecule has 1 aliphatic rings. The van der Waals surface area contributed by atoms with Gasteiger partial charge in [-0.2, -0.15) is 0 Å². The third-order valence-electron chi connectivity index (χ3n) is 4.31. The van der Waals surface area contributed by atoms with Gasteiger partial charge < -0.3 is 4.74 Å². The zero-order chi connectivity index (χ0) is 18.3. The number of sulfonamides is 1. The molecule has 0 radical (unpaired) electrons. The van der Waals surface area contributed by atoms with Crippen molar-refractivity contribution in [3.63, 3.8) is 0 Å². The number of nitrogens with two attached hydrogens (primary N) is 1. The molecule has 0 amide bonds. The molecular weight excluding hydrogens is 366 g/mol. The fraction of sp³-hybridized carbons (Fsp3) is 0.100. The van der Waals surface area contributed by atoms with Crippen molar-refractivity contribution in [2.45, 2.75) is 18.2 Å². The monoisotopic (exact) mass is 383 g/mol. The highest BCUT2D eigenvalue weighted by Crippen LogP contribution is 2.40. The summed E-state index contributed by atoms with van der Waals surface area (Å²) in [6.07, 6.45) is 0.766. The number of ether oxygens (including phenoxy) is 1. The number of hydrogen-bond acceptors (Lipinski definition) is 4. The second kappa shape index (κ2) is 6.39. The van der Waals surface area contributed by atoms with Gasteiger partial charge in [0.25, 0.3) is 0 Å². The predicted molar refractivity (Wildman–Crippen MR) is 104 cm³/mol. The Morgan fingerprint density at radius 1 is 1.00 bits per heavy atom. The number of allylic oxidation sites excluding steroid dienone is 1. The highest BCUT2D eigenvalue weighted by atomic mass is 32.2. The van der Waals surface area contributed by atoms with Crippen LogP contribution < -0.4 is 9.88 Å². The maximum absolute atomic E-state index is 11.5. The first-order valence-corrected chi connectivity index (χ1v) is 10.5. The first-order valence-electron chi connectivity index (χ1n) is 8.11. The molecule has 0 saturated carbocycles. The number of benzene rings is 2. The van der Waals surface area contributed by atoms with Crippen LogP contribution in [0, 0.1) is 6.92 Å². The lowest BCUT2D eigenvalue weighted by Crippen LogP contribution is -2.12. The smallest absolute Gasteiger partial charge is 0.238 e. The highest BCUT2D eigenvalue weighted by Gasteiger charge is 2.23. The summed E-state index contributed by atoms with van der Waals surface area (Å²) < 4.78 is 29.2. The predicted octanol–water partition coefficient (Wildman–Crippen LogP) is 4.21. The van der Waals surface area contributed by atoms with E-state index >= 15 is 0 Å². The molecule has 0 bridgehead atoms. The minimum Gasteiger partial charge on any atom is -0.456 e. The van der Waals surface area contributed by atoms with Gasteiger partial charge in [0.05, 0.1) is 4.90 Å². The first-order chi connectivity index (χ1) is 12.4. The molecule has 4 rings (SSSR count). The molecule has 2 aromatic carbocycles. The Morgan fingerprint density at radius 3 is 2.38 bits per heavy atom. The van der Waals surface area contributed by atoms with Crippen LogP contribution in [0.3, 0.4) is 0 Å². The van der Waals surface area contributed by atoms with Gasteiger partial charge in [0.1, 0.15) is 11.5 Å². The SMILES string of the molecule is Cc1ccc(C2=C(c3ccc(S(N)(=O)=O)cc3)Oc3ccccc3C2)s1. The zero-order valence-corrected chi connectivity index (χ0v) is 15.7. The molecule has 0 saturated heterocycles. The lowest BCUT2D eigenvalue weighted by molar-refractivity contribution is 0.502. The molecule has 0 unspecified atom stereocenters. The number of primary sulfonamides is 1. The van der Waals surface area contributed by atoms with Gasteiger partial charge in [-0.1, -0.05) is 18.2 Å². The Labute approximate surface area is 156 Å². The molecule has 0 fully saturated rings. The van der Waals surface area contributed by atoms with Gasteiger partial charge in [-0.25, -0.2) is 13.6 Å². The van der Waals surface area contributed by atoms with Crippen LogP contribution in [0.5, 0.6) is 5.75 Å². The number of aryl methyl sites for hydroxylation is 1. The molecule has 3 aromatic rings. The van der Waals surface area contributed by atoms with Crippen molar-refractivity contribution < 1.29 is 13.2 Å². The van der Waals surface area contributed by atoms with E-state index in [9.17, 15) is 8.42 Å². The average Bonchev–Trinajstić information content (AvgIpc) is 3.06. The summed E-state index contributed by atoms with van der Waals surface area (Å²) in [5.74, 6) is 1.58. The minimum atomic E-state index is -3.72. The van der Waals surface area contributed by atoms with Crippen LogP contribution in [0.4, 0.5) is 0 Å². The summed E-state index contributed by atoms with van der Waals surface area (Å²) in [7, 11) is -3.72. The van der Waals surface area contributed by atoms with Crippen LogP contribution in [0.2, 0.25) is 0 Å². The van der Waals surface area contributed by atoms with Gasteiger partial charge in [0.2, 0.25) is 10.0 Å². The molecule has 1 aliphatic heterocycles. The summed E-state index contributed by atoms with van der Waals surface area (Å²) in [6.45, 7) is 2.08. The molecule has 2 heterocycles. The van der Waals surface area contributed by atoms with Crippen LogP contribution in [0.1, 0.15) is 20.9 Å². The van der Waals surface area contributed by atoms with Crippen LogP contribution in [-0.2, 0) is 16.4 Å². The van der Waals surface area contributed by atoms with E-state index in [-0.39, 0.29) is 4.90 Å². The molecule has 26 heavy (non-hydrogen) atoms. The van der Waals surface area contributed by atoms with Crippen molar-refractivity contribution in [3.8, 4) is 5.75 Å². The Bertz CT molecular complexity index is 1110. The van der Waals surface area contributed by atoms with Crippen LogP contribution >= 0.6 is 11.3 Å². The number of hydrogen-bond donors (Lipinski definition) is 1. The van der Waals surface area contributed by atoms with Crippen molar-refractivity contribution in [1.29, 1.82) is 0 Å². The molecule has 0 spiro atoms. The molecular formula is C20H17NO3S2. The van der Waals surface area contributed by atoms with Gasteiger partial charge in [-0.15, -0.1) is 11.3 Å². The minimum absolute atomic E-state index is 0.0894. The molecule has 1 aromatic heterocycles. The second-order valence-electron chi connectivity index (χ2n) is 6.17. The van der Waals surface area contributed by atoms with Gasteiger partial charge in [-0.05, 0) is 55.0 Å². The van der Waals surface area contributed by atoms with Crippen molar-refractivity contribution in [1.82, 2.24) is 0 Å². The second-order valence-corrected chi connectivity index (χ2v) is 9.02. The molecule has 6 heteroatoms. The van der Waals surface area contributed by atoms with E-state index in [1.807, 2.05) is 18.2 Å². The summed E-state index contributed by atoms with van der Waals surface area (Å²) in [4.78, 5) is 2.48. The molecule has 0 atom stereocenters. The van der Waals surface area contributed by atoms with E-state index in [0.717, 1.165) is 39.5 Å². The Kier molecular flexibility index (Phi) is 4.19. The van der Waals surface area contributed by atoms with Crippen LogP contribution in [0.25, 0.3) is 11.3 Å². The fourth-order valence-electron chi connectivity index (χ4n) is 3.02. The average molecular weight is 383 g/mol. The maximum Gasteiger partial charge on any atom is 0.238 e.